The van der Waals surface area contributed by atoms with Crippen molar-refractivity contribution in [1.29, 1.82) is 0 Å². The molecule has 5 rings (SSSR count). The van der Waals surface area contributed by atoms with Gasteiger partial charge in [0.2, 0.25) is 11.9 Å². The minimum atomic E-state index is -0.907. The van der Waals surface area contributed by atoms with E-state index in [1.807, 2.05) is 30.3 Å². The van der Waals surface area contributed by atoms with Gasteiger partial charge < -0.3 is 25.5 Å². The summed E-state index contributed by atoms with van der Waals surface area (Å²) >= 11 is 6.23. The van der Waals surface area contributed by atoms with E-state index in [2.05, 4.69) is 25.7 Å². The number of amides is 2. The molecule has 2 saturated heterocycles. The normalized spacial score (nSPS) is 16.0. The topological polar surface area (TPSA) is 129 Å². The fourth-order valence-corrected chi connectivity index (χ4v) is 4.41. The van der Waals surface area contributed by atoms with Crippen LogP contribution in [0.5, 0.6) is 0 Å². The van der Waals surface area contributed by atoms with Crippen LogP contribution in [0.1, 0.15) is 5.56 Å². The zero-order valence-electron chi connectivity index (χ0n) is 18.2. The van der Waals surface area contributed by atoms with E-state index in [0.717, 1.165) is 5.56 Å². The van der Waals surface area contributed by atoms with Gasteiger partial charge in [-0.2, -0.15) is 10.1 Å². The second kappa shape index (κ2) is 8.82. The predicted octanol–water partition coefficient (Wildman–Crippen LogP) is 2.50. The molecule has 3 aromatic rings. The smallest absolute Gasteiger partial charge is 0.407 e. The fraction of sp³-hybridized carbons (Fsp3) is 0.318. The van der Waals surface area contributed by atoms with Gasteiger partial charge in [0, 0.05) is 44.3 Å². The molecule has 0 radical (unpaired) electrons. The molecule has 0 bridgehead atoms. The summed E-state index contributed by atoms with van der Waals surface area (Å²) in [5.74, 6) is 0.808. The molecule has 0 saturated carbocycles. The lowest BCUT2D eigenvalue weighted by molar-refractivity contribution is -0.156. The van der Waals surface area contributed by atoms with Gasteiger partial charge in [-0.25, -0.2) is 9.78 Å². The van der Waals surface area contributed by atoms with Crippen molar-refractivity contribution in [3.8, 4) is 0 Å². The SMILES string of the molecule is O=C(O)N1CC2(C1)CN(C(=O)Cn1cc(Nc3ncc(Cl)c(NCc4ccccc4)n3)cn1)C2. The van der Waals surface area contributed by atoms with Gasteiger partial charge in [-0.3, -0.25) is 9.48 Å². The molecule has 2 amide bonds. The second-order valence-corrected chi connectivity index (χ2v) is 9.08. The summed E-state index contributed by atoms with van der Waals surface area (Å²) < 4.78 is 1.55. The minimum Gasteiger partial charge on any atom is -0.465 e. The standard InChI is InChI=1S/C22H23ClN8O3/c23-17-8-25-20(28-19(17)24-6-15-4-2-1-3-5-15)27-16-7-26-31(9-16)10-18(32)29-11-22(12-29)13-30(14-22)21(33)34/h1-5,7-9H,6,10-14H2,(H,33,34)(H2,24,25,27,28). The van der Waals surface area contributed by atoms with Crippen molar-refractivity contribution in [1.82, 2.24) is 29.5 Å². The summed E-state index contributed by atoms with van der Waals surface area (Å²) in [6, 6.07) is 9.91. The Hall–Kier alpha value is -3.86. The first-order chi connectivity index (χ1) is 16.4. The van der Waals surface area contributed by atoms with Crippen molar-refractivity contribution < 1.29 is 14.7 Å². The number of nitrogens with zero attached hydrogens (tertiary/aromatic N) is 6. The summed E-state index contributed by atoms with van der Waals surface area (Å²) in [5.41, 5.74) is 1.67. The van der Waals surface area contributed by atoms with Crippen molar-refractivity contribution in [3.05, 3.63) is 59.5 Å². The quantitative estimate of drug-likeness (QED) is 0.468. The van der Waals surface area contributed by atoms with E-state index in [1.165, 1.54) is 11.1 Å². The Labute approximate surface area is 200 Å². The molecule has 4 heterocycles. The van der Waals surface area contributed by atoms with E-state index >= 15 is 0 Å². The molecule has 12 heteroatoms. The van der Waals surface area contributed by atoms with Gasteiger partial charge in [0.05, 0.1) is 18.1 Å². The van der Waals surface area contributed by atoms with Crippen LogP contribution in [0.15, 0.2) is 48.9 Å². The number of anilines is 3. The van der Waals surface area contributed by atoms with E-state index in [1.54, 1.807) is 22.0 Å². The maximum Gasteiger partial charge on any atom is 0.407 e. The van der Waals surface area contributed by atoms with Crippen LogP contribution in [0.2, 0.25) is 5.02 Å². The van der Waals surface area contributed by atoms with Gasteiger partial charge in [-0.05, 0) is 5.56 Å². The number of likely N-dealkylation sites (tertiary alicyclic amines) is 2. The first-order valence-corrected chi connectivity index (χ1v) is 11.1. The molecule has 2 aliphatic rings. The molecule has 1 aromatic carbocycles. The summed E-state index contributed by atoms with van der Waals surface area (Å²) in [6.45, 7) is 2.82. The summed E-state index contributed by atoms with van der Waals surface area (Å²) in [4.78, 5) is 35.2. The van der Waals surface area contributed by atoms with Gasteiger partial charge >= 0.3 is 6.09 Å². The number of rotatable bonds is 7. The van der Waals surface area contributed by atoms with E-state index in [0.29, 0.717) is 55.2 Å². The highest BCUT2D eigenvalue weighted by Crippen LogP contribution is 2.39. The second-order valence-electron chi connectivity index (χ2n) is 8.67. The van der Waals surface area contributed by atoms with Crippen LogP contribution in [-0.2, 0) is 17.9 Å². The van der Waals surface area contributed by atoms with Gasteiger partial charge in [-0.15, -0.1) is 0 Å². The lowest BCUT2D eigenvalue weighted by Crippen LogP contribution is -2.73. The third kappa shape index (κ3) is 4.60. The Morgan fingerprint density at radius 2 is 1.82 bits per heavy atom. The zero-order valence-corrected chi connectivity index (χ0v) is 18.9. The molecular weight excluding hydrogens is 460 g/mol. The number of carbonyl (C=O) groups is 2. The largest absolute Gasteiger partial charge is 0.465 e. The summed E-state index contributed by atoms with van der Waals surface area (Å²) in [5, 5.41) is 19.9. The van der Waals surface area contributed by atoms with Gasteiger partial charge in [0.1, 0.15) is 11.6 Å². The lowest BCUT2D eigenvalue weighted by atomic mass is 9.73. The van der Waals surface area contributed by atoms with Gasteiger partial charge in [0.25, 0.3) is 0 Å². The van der Waals surface area contributed by atoms with Crippen molar-refractivity contribution >= 4 is 41.1 Å². The Balaban J connectivity index is 1.13. The summed E-state index contributed by atoms with van der Waals surface area (Å²) in [6.07, 6.45) is 3.91. The molecule has 3 N–H and O–H groups in total. The predicted molar refractivity (Wildman–Crippen MR) is 125 cm³/mol. The molecule has 1 spiro atoms. The van der Waals surface area contributed by atoms with E-state index < -0.39 is 6.09 Å². The molecule has 2 aliphatic heterocycles. The Bertz CT molecular complexity index is 1200. The number of nitrogens with one attached hydrogen (secondary N) is 2. The monoisotopic (exact) mass is 482 g/mol. The third-order valence-electron chi connectivity index (χ3n) is 5.96. The first kappa shape index (κ1) is 22.0. The van der Waals surface area contributed by atoms with E-state index in [4.69, 9.17) is 16.7 Å². The van der Waals surface area contributed by atoms with Crippen LogP contribution < -0.4 is 10.6 Å². The van der Waals surface area contributed by atoms with Crippen molar-refractivity contribution in [2.24, 2.45) is 5.41 Å². The average Bonchev–Trinajstić information content (AvgIpc) is 3.19. The number of halogens is 1. The molecule has 2 fully saturated rings. The highest BCUT2D eigenvalue weighted by molar-refractivity contribution is 6.32. The highest BCUT2D eigenvalue weighted by atomic mass is 35.5. The Kier molecular flexibility index (Phi) is 5.70. The Morgan fingerprint density at radius 3 is 2.56 bits per heavy atom. The number of hydrogen-bond acceptors (Lipinski definition) is 7. The van der Waals surface area contributed by atoms with Gasteiger partial charge in [0.15, 0.2) is 5.82 Å². The van der Waals surface area contributed by atoms with Crippen molar-refractivity contribution in [2.75, 3.05) is 36.8 Å². The van der Waals surface area contributed by atoms with E-state index in [9.17, 15) is 9.59 Å². The fourth-order valence-electron chi connectivity index (χ4n) is 4.25. The molecule has 11 nitrogen and oxygen atoms in total. The molecular formula is C22H23ClN8O3. The van der Waals surface area contributed by atoms with Crippen molar-refractivity contribution in [3.63, 3.8) is 0 Å². The number of hydrogen-bond donors (Lipinski definition) is 3. The van der Waals surface area contributed by atoms with Crippen molar-refractivity contribution in [2.45, 2.75) is 13.1 Å². The summed E-state index contributed by atoms with van der Waals surface area (Å²) in [7, 11) is 0. The van der Waals surface area contributed by atoms with E-state index in [-0.39, 0.29) is 17.9 Å². The maximum absolute atomic E-state index is 12.5. The van der Waals surface area contributed by atoms with Crippen LogP contribution in [0.25, 0.3) is 0 Å². The third-order valence-corrected chi connectivity index (χ3v) is 6.24. The van der Waals surface area contributed by atoms with Crippen LogP contribution in [0.4, 0.5) is 22.2 Å². The number of carbonyl (C=O) groups excluding carboxylic acids is 1. The molecule has 34 heavy (non-hydrogen) atoms. The van der Waals surface area contributed by atoms with Crippen LogP contribution in [0, 0.1) is 5.41 Å². The van der Waals surface area contributed by atoms with Crippen LogP contribution in [-0.4, -0.2) is 72.8 Å². The van der Waals surface area contributed by atoms with Crippen LogP contribution in [0.3, 0.4) is 0 Å². The molecule has 0 atom stereocenters. The van der Waals surface area contributed by atoms with Gasteiger partial charge in [-0.1, -0.05) is 41.9 Å². The minimum absolute atomic E-state index is 0.0517. The molecule has 0 unspecified atom stereocenters. The Morgan fingerprint density at radius 1 is 1.09 bits per heavy atom. The molecule has 176 valence electrons. The maximum atomic E-state index is 12.5. The molecule has 2 aromatic heterocycles. The lowest BCUT2D eigenvalue weighted by Gasteiger charge is -2.59. The molecule has 0 aliphatic carbocycles. The highest BCUT2D eigenvalue weighted by Gasteiger charge is 2.54. The number of benzene rings is 1. The first-order valence-electron chi connectivity index (χ1n) is 10.7. The van der Waals surface area contributed by atoms with Crippen LogP contribution >= 0.6 is 11.6 Å². The average molecular weight is 483 g/mol. The number of carboxylic acid groups (broad SMARTS) is 1. The zero-order chi connectivity index (χ0) is 23.7. The number of aromatic nitrogens is 4.